The van der Waals surface area contributed by atoms with Crippen LogP contribution in [0.5, 0.6) is 0 Å². The third-order valence-corrected chi connectivity index (χ3v) is 3.52. The van der Waals surface area contributed by atoms with Crippen LogP contribution in [0.4, 0.5) is 10.5 Å². The molecule has 19 heavy (non-hydrogen) atoms. The minimum absolute atomic E-state index is 0.261. The number of hydrogen-bond acceptors (Lipinski definition) is 3. The predicted octanol–water partition coefficient (Wildman–Crippen LogP) is 1.15. The summed E-state index contributed by atoms with van der Waals surface area (Å²) in [4.78, 5) is 11.9. The zero-order valence-electron chi connectivity index (χ0n) is 11.4. The predicted molar refractivity (Wildman–Crippen MR) is 75.4 cm³/mol. The number of amides is 2. The van der Waals surface area contributed by atoms with E-state index in [-0.39, 0.29) is 12.6 Å². The van der Waals surface area contributed by atoms with E-state index in [1.54, 1.807) is 0 Å². The normalized spacial score (nSPS) is 22.3. The molecular formula is C14H21N3O2. The molecule has 104 valence electrons. The van der Waals surface area contributed by atoms with Crippen molar-refractivity contribution >= 4 is 11.7 Å². The number of anilines is 1. The summed E-state index contributed by atoms with van der Waals surface area (Å²) in [5.41, 5.74) is 2.06. The number of nitrogens with one attached hydrogen (secondary N) is 3. The van der Waals surface area contributed by atoms with Crippen LogP contribution < -0.4 is 16.0 Å². The first-order valence-corrected chi connectivity index (χ1v) is 6.54. The summed E-state index contributed by atoms with van der Waals surface area (Å²) in [6, 6.07) is 5.59. The van der Waals surface area contributed by atoms with Crippen molar-refractivity contribution in [1.29, 1.82) is 0 Å². The smallest absolute Gasteiger partial charge is 0.319 e. The third kappa shape index (κ3) is 3.45. The van der Waals surface area contributed by atoms with Crippen LogP contribution in [0.3, 0.4) is 0 Å². The summed E-state index contributed by atoms with van der Waals surface area (Å²) < 4.78 is 0. The van der Waals surface area contributed by atoms with Gasteiger partial charge in [-0.2, -0.15) is 0 Å². The molecule has 5 heteroatoms. The zero-order chi connectivity index (χ0) is 13.9. The number of hydrogen-bond donors (Lipinski definition) is 4. The average Bonchev–Trinajstić information content (AvgIpc) is 2.79. The van der Waals surface area contributed by atoms with Crippen molar-refractivity contribution in [3.8, 4) is 0 Å². The Hall–Kier alpha value is -1.59. The second kappa shape index (κ2) is 5.59. The van der Waals surface area contributed by atoms with Gasteiger partial charge in [-0.3, -0.25) is 0 Å². The van der Waals surface area contributed by atoms with E-state index < -0.39 is 5.60 Å². The van der Waals surface area contributed by atoms with E-state index in [1.807, 2.05) is 32.0 Å². The molecule has 0 radical (unpaired) electrons. The monoisotopic (exact) mass is 263 g/mol. The molecule has 0 bridgehead atoms. The molecule has 1 aliphatic heterocycles. The van der Waals surface area contributed by atoms with Crippen molar-refractivity contribution in [2.24, 2.45) is 0 Å². The largest absolute Gasteiger partial charge is 0.387 e. The number of carbonyl (C=O) groups excluding carboxylic acids is 1. The van der Waals surface area contributed by atoms with Crippen molar-refractivity contribution < 1.29 is 9.90 Å². The molecule has 0 aliphatic carbocycles. The summed E-state index contributed by atoms with van der Waals surface area (Å²) in [7, 11) is 0. The number of rotatable bonds is 3. The fourth-order valence-electron chi connectivity index (χ4n) is 2.30. The van der Waals surface area contributed by atoms with Crippen molar-refractivity contribution in [2.75, 3.05) is 25.0 Å². The Morgan fingerprint density at radius 1 is 1.42 bits per heavy atom. The van der Waals surface area contributed by atoms with Crippen LogP contribution in [0.25, 0.3) is 0 Å². The number of aryl methyl sites for hydroxylation is 2. The fourth-order valence-corrected chi connectivity index (χ4v) is 2.30. The Kier molecular flexibility index (Phi) is 4.07. The van der Waals surface area contributed by atoms with Gasteiger partial charge in [0, 0.05) is 18.8 Å². The van der Waals surface area contributed by atoms with Gasteiger partial charge in [-0.05, 0) is 37.9 Å². The van der Waals surface area contributed by atoms with Gasteiger partial charge >= 0.3 is 6.03 Å². The number of carbonyl (C=O) groups is 1. The first-order chi connectivity index (χ1) is 9.00. The topological polar surface area (TPSA) is 73.4 Å². The van der Waals surface area contributed by atoms with E-state index in [1.165, 1.54) is 0 Å². The van der Waals surface area contributed by atoms with Gasteiger partial charge in [0.15, 0.2) is 0 Å². The Balaban J connectivity index is 1.91. The molecule has 5 nitrogen and oxygen atoms in total. The SMILES string of the molecule is Cc1cccc(C)c1NC(=O)NC[C@@]1(O)CCNC1. The highest BCUT2D eigenvalue weighted by Gasteiger charge is 2.31. The first kappa shape index (κ1) is 13.8. The summed E-state index contributed by atoms with van der Waals surface area (Å²) >= 11 is 0. The van der Waals surface area contributed by atoms with E-state index in [2.05, 4.69) is 16.0 Å². The van der Waals surface area contributed by atoms with Crippen LogP contribution in [0, 0.1) is 13.8 Å². The van der Waals surface area contributed by atoms with Gasteiger partial charge in [0.05, 0.1) is 5.60 Å². The standard InChI is InChI=1S/C14H21N3O2/c1-10-4-3-5-11(2)12(10)17-13(18)16-9-14(19)6-7-15-8-14/h3-5,15,19H,6-9H2,1-2H3,(H2,16,17,18)/t14-/m1/s1. The number of urea groups is 1. The fraction of sp³-hybridized carbons (Fsp3) is 0.500. The second-order valence-electron chi connectivity index (χ2n) is 5.23. The van der Waals surface area contributed by atoms with Gasteiger partial charge < -0.3 is 21.1 Å². The van der Waals surface area contributed by atoms with Crippen molar-refractivity contribution in [3.63, 3.8) is 0 Å². The lowest BCUT2D eigenvalue weighted by atomic mass is 10.0. The van der Waals surface area contributed by atoms with Crippen LogP contribution in [-0.2, 0) is 0 Å². The second-order valence-corrected chi connectivity index (χ2v) is 5.23. The lowest BCUT2D eigenvalue weighted by molar-refractivity contribution is 0.0640. The molecule has 1 saturated heterocycles. The maximum absolute atomic E-state index is 11.9. The third-order valence-electron chi connectivity index (χ3n) is 3.52. The molecule has 1 aromatic rings. The molecular weight excluding hydrogens is 242 g/mol. The molecule has 2 amide bonds. The Labute approximate surface area is 113 Å². The maximum atomic E-state index is 11.9. The van der Waals surface area contributed by atoms with Crippen LogP contribution in [0.2, 0.25) is 0 Å². The molecule has 2 rings (SSSR count). The lowest BCUT2D eigenvalue weighted by Gasteiger charge is -2.22. The minimum atomic E-state index is -0.821. The highest BCUT2D eigenvalue weighted by atomic mass is 16.3. The van der Waals surface area contributed by atoms with Crippen LogP contribution in [0.15, 0.2) is 18.2 Å². The molecule has 4 N–H and O–H groups in total. The highest BCUT2D eigenvalue weighted by molar-refractivity contribution is 5.91. The average molecular weight is 263 g/mol. The molecule has 0 saturated carbocycles. The van der Waals surface area contributed by atoms with Gasteiger partial charge in [0.25, 0.3) is 0 Å². The zero-order valence-corrected chi connectivity index (χ0v) is 11.4. The quantitative estimate of drug-likeness (QED) is 0.661. The van der Waals surface area contributed by atoms with E-state index in [0.29, 0.717) is 13.0 Å². The number of benzene rings is 1. The van der Waals surface area contributed by atoms with E-state index in [0.717, 1.165) is 23.4 Å². The number of para-hydroxylation sites is 1. The van der Waals surface area contributed by atoms with Crippen LogP contribution in [0.1, 0.15) is 17.5 Å². The molecule has 0 spiro atoms. The molecule has 1 atom stereocenters. The van der Waals surface area contributed by atoms with Crippen LogP contribution in [-0.4, -0.2) is 36.4 Å². The van der Waals surface area contributed by atoms with Gasteiger partial charge in [0.1, 0.15) is 0 Å². The lowest BCUT2D eigenvalue weighted by Crippen LogP contribution is -2.45. The van der Waals surface area contributed by atoms with Gasteiger partial charge in [-0.15, -0.1) is 0 Å². The van der Waals surface area contributed by atoms with E-state index >= 15 is 0 Å². The summed E-state index contributed by atoms with van der Waals surface area (Å²) in [6.07, 6.45) is 0.663. The highest BCUT2D eigenvalue weighted by Crippen LogP contribution is 2.19. The Bertz CT molecular complexity index is 448. The minimum Gasteiger partial charge on any atom is -0.387 e. The van der Waals surface area contributed by atoms with Crippen molar-refractivity contribution in [2.45, 2.75) is 25.9 Å². The Morgan fingerprint density at radius 2 is 2.11 bits per heavy atom. The van der Waals surface area contributed by atoms with Gasteiger partial charge in [-0.25, -0.2) is 4.79 Å². The first-order valence-electron chi connectivity index (χ1n) is 6.54. The Morgan fingerprint density at radius 3 is 2.68 bits per heavy atom. The van der Waals surface area contributed by atoms with Crippen LogP contribution >= 0.6 is 0 Å². The number of aliphatic hydroxyl groups is 1. The van der Waals surface area contributed by atoms with Gasteiger partial charge in [-0.1, -0.05) is 18.2 Å². The number of β-amino-alcohol motifs (C(OH)–C–C–N with tert-alkyl or cyclic N) is 1. The summed E-state index contributed by atoms with van der Waals surface area (Å²) in [5.74, 6) is 0. The van der Waals surface area contributed by atoms with E-state index in [9.17, 15) is 9.90 Å². The molecule has 1 aliphatic rings. The molecule has 1 fully saturated rings. The van der Waals surface area contributed by atoms with Crippen molar-refractivity contribution in [3.05, 3.63) is 29.3 Å². The molecule has 1 aromatic carbocycles. The maximum Gasteiger partial charge on any atom is 0.319 e. The molecule has 0 unspecified atom stereocenters. The molecule has 1 heterocycles. The van der Waals surface area contributed by atoms with E-state index in [4.69, 9.17) is 0 Å². The van der Waals surface area contributed by atoms with Gasteiger partial charge in [0.2, 0.25) is 0 Å². The summed E-state index contributed by atoms with van der Waals surface area (Å²) in [6.45, 7) is 5.48. The van der Waals surface area contributed by atoms with Crippen molar-refractivity contribution in [1.82, 2.24) is 10.6 Å². The summed E-state index contributed by atoms with van der Waals surface area (Å²) in [5, 5.41) is 18.8. The molecule has 0 aromatic heterocycles.